The minimum Gasteiger partial charge on any atom is -0.396 e. The van der Waals surface area contributed by atoms with Crippen molar-refractivity contribution in [2.45, 2.75) is 18.8 Å². The quantitative estimate of drug-likeness (QED) is 0.860. The number of aromatic nitrogens is 2. The molecule has 2 N–H and O–H groups in total. The molecule has 2 saturated heterocycles. The third-order valence-corrected chi connectivity index (χ3v) is 4.11. The smallest absolute Gasteiger partial charge is 0.0920 e. The van der Waals surface area contributed by atoms with Crippen molar-refractivity contribution in [3.63, 3.8) is 0 Å². The zero-order chi connectivity index (χ0) is 12.4. The SMILES string of the molecule is Cl.OCC1CCN(c2ccnnc2C2CNC2)CC1. The molecule has 0 unspecified atom stereocenters. The summed E-state index contributed by atoms with van der Waals surface area (Å²) in [6, 6.07) is 2.08. The molecule has 3 rings (SSSR count). The van der Waals surface area contributed by atoms with Crippen molar-refractivity contribution >= 4 is 18.1 Å². The summed E-state index contributed by atoms with van der Waals surface area (Å²) in [7, 11) is 0. The Morgan fingerprint density at radius 3 is 2.63 bits per heavy atom. The van der Waals surface area contributed by atoms with Gasteiger partial charge in [0.25, 0.3) is 0 Å². The van der Waals surface area contributed by atoms with Crippen LogP contribution < -0.4 is 10.2 Å². The van der Waals surface area contributed by atoms with Crippen molar-refractivity contribution in [2.24, 2.45) is 5.92 Å². The molecular weight excluding hydrogens is 264 g/mol. The van der Waals surface area contributed by atoms with Gasteiger partial charge in [0.2, 0.25) is 0 Å². The minimum atomic E-state index is 0. The Morgan fingerprint density at radius 2 is 2.05 bits per heavy atom. The Morgan fingerprint density at radius 1 is 1.32 bits per heavy atom. The van der Waals surface area contributed by atoms with Crippen LogP contribution in [0.2, 0.25) is 0 Å². The molecule has 19 heavy (non-hydrogen) atoms. The highest BCUT2D eigenvalue weighted by atomic mass is 35.5. The van der Waals surface area contributed by atoms with Crippen LogP contribution in [0, 0.1) is 5.92 Å². The van der Waals surface area contributed by atoms with Gasteiger partial charge in [-0.2, -0.15) is 10.2 Å². The van der Waals surface area contributed by atoms with Gasteiger partial charge in [-0.15, -0.1) is 12.4 Å². The number of halogens is 1. The van der Waals surface area contributed by atoms with Crippen LogP contribution in [-0.2, 0) is 0 Å². The van der Waals surface area contributed by atoms with Crippen molar-refractivity contribution in [1.82, 2.24) is 15.5 Å². The zero-order valence-electron chi connectivity index (χ0n) is 11.0. The van der Waals surface area contributed by atoms with E-state index in [0.29, 0.717) is 18.4 Å². The summed E-state index contributed by atoms with van der Waals surface area (Å²) in [5, 5.41) is 20.8. The van der Waals surface area contributed by atoms with Crippen LogP contribution >= 0.6 is 12.4 Å². The second kappa shape index (κ2) is 6.50. The Hall–Kier alpha value is -0.910. The van der Waals surface area contributed by atoms with Crippen LogP contribution in [0.15, 0.2) is 12.3 Å². The molecule has 0 atom stereocenters. The monoisotopic (exact) mass is 284 g/mol. The van der Waals surface area contributed by atoms with E-state index in [1.807, 2.05) is 0 Å². The lowest BCUT2D eigenvalue weighted by Crippen LogP contribution is -2.42. The molecule has 3 heterocycles. The number of anilines is 1. The predicted octanol–water partition coefficient (Wildman–Crippen LogP) is 0.794. The van der Waals surface area contributed by atoms with Crippen molar-refractivity contribution in [1.29, 1.82) is 0 Å². The number of nitrogens with one attached hydrogen (secondary N) is 1. The standard InChI is InChI=1S/C13H20N4O.ClH/c18-9-10-2-5-17(6-3-10)12-1-4-15-16-13(12)11-7-14-8-11;/h1,4,10-11,14,18H,2-3,5-9H2;1H. The van der Waals surface area contributed by atoms with Gasteiger partial charge in [-0.3, -0.25) is 0 Å². The first-order chi connectivity index (χ1) is 8.88. The third kappa shape index (κ3) is 2.99. The topological polar surface area (TPSA) is 61.3 Å². The number of piperidine rings is 1. The average molecular weight is 285 g/mol. The maximum absolute atomic E-state index is 9.19. The number of aliphatic hydroxyl groups is 1. The summed E-state index contributed by atoms with van der Waals surface area (Å²) in [6.07, 6.45) is 3.92. The van der Waals surface area contributed by atoms with Crippen molar-refractivity contribution in [3.05, 3.63) is 18.0 Å². The highest BCUT2D eigenvalue weighted by molar-refractivity contribution is 5.85. The van der Waals surface area contributed by atoms with Crippen LogP contribution in [-0.4, -0.2) is 48.1 Å². The molecular formula is C13H21ClN4O. The first-order valence-electron chi connectivity index (χ1n) is 6.76. The molecule has 2 aliphatic rings. The number of rotatable bonds is 3. The van der Waals surface area contributed by atoms with E-state index in [9.17, 15) is 5.11 Å². The van der Waals surface area contributed by atoms with Gasteiger partial charge >= 0.3 is 0 Å². The number of aliphatic hydroxyl groups excluding tert-OH is 1. The summed E-state index contributed by atoms with van der Waals surface area (Å²) >= 11 is 0. The molecule has 0 radical (unpaired) electrons. The number of nitrogens with zero attached hydrogens (tertiary/aromatic N) is 3. The van der Waals surface area contributed by atoms with E-state index < -0.39 is 0 Å². The first-order valence-corrected chi connectivity index (χ1v) is 6.76. The minimum absolute atomic E-state index is 0. The summed E-state index contributed by atoms with van der Waals surface area (Å²) in [5.41, 5.74) is 2.38. The summed E-state index contributed by atoms with van der Waals surface area (Å²) < 4.78 is 0. The molecule has 1 aromatic heterocycles. The molecule has 0 bridgehead atoms. The molecule has 2 aliphatic heterocycles. The van der Waals surface area contributed by atoms with Gasteiger partial charge in [0.05, 0.1) is 17.6 Å². The maximum atomic E-state index is 9.19. The molecule has 5 nitrogen and oxygen atoms in total. The van der Waals surface area contributed by atoms with Crippen molar-refractivity contribution in [2.75, 3.05) is 37.7 Å². The molecule has 106 valence electrons. The number of hydrogen-bond acceptors (Lipinski definition) is 5. The molecule has 6 heteroatoms. The summed E-state index contributed by atoms with van der Waals surface area (Å²) in [5.74, 6) is 0.995. The highest BCUT2D eigenvalue weighted by Gasteiger charge is 2.27. The van der Waals surface area contributed by atoms with Crippen molar-refractivity contribution < 1.29 is 5.11 Å². The average Bonchev–Trinajstić information content (AvgIpc) is 2.38. The molecule has 0 saturated carbocycles. The Labute approximate surface area is 119 Å². The van der Waals surface area contributed by atoms with E-state index in [4.69, 9.17) is 0 Å². The van der Waals surface area contributed by atoms with E-state index in [-0.39, 0.29) is 12.4 Å². The maximum Gasteiger partial charge on any atom is 0.0920 e. The lowest BCUT2D eigenvalue weighted by atomic mass is 9.94. The Balaban J connectivity index is 0.00000133. The first kappa shape index (κ1) is 14.5. The molecule has 0 aromatic carbocycles. The predicted molar refractivity (Wildman–Crippen MR) is 76.9 cm³/mol. The largest absolute Gasteiger partial charge is 0.396 e. The van der Waals surface area contributed by atoms with Crippen LogP contribution in [0.5, 0.6) is 0 Å². The van der Waals surface area contributed by atoms with Gasteiger partial charge in [-0.05, 0) is 24.8 Å². The molecule has 2 fully saturated rings. The van der Waals surface area contributed by atoms with Gasteiger partial charge in [-0.1, -0.05) is 0 Å². The third-order valence-electron chi connectivity index (χ3n) is 4.11. The van der Waals surface area contributed by atoms with E-state index in [2.05, 4.69) is 26.5 Å². The van der Waals surface area contributed by atoms with E-state index in [0.717, 1.165) is 44.7 Å². The van der Waals surface area contributed by atoms with E-state index in [1.54, 1.807) is 6.20 Å². The summed E-state index contributed by atoms with van der Waals surface area (Å²) in [4.78, 5) is 2.40. The fourth-order valence-corrected chi connectivity index (χ4v) is 2.73. The van der Waals surface area contributed by atoms with Crippen LogP contribution in [0.3, 0.4) is 0 Å². The van der Waals surface area contributed by atoms with Gasteiger partial charge in [0.1, 0.15) is 0 Å². The fraction of sp³-hybridized carbons (Fsp3) is 0.692. The van der Waals surface area contributed by atoms with Gasteiger partial charge in [0, 0.05) is 38.7 Å². The molecule has 0 amide bonds. The Kier molecular flexibility index (Phi) is 4.96. The Bertz CT molecular complexity index is 405. The molecule has 0 aliphatic carbocycles. The second-order valence-electron chi connectivity index (χ2n) is 5.27. The lowest BCUT2D eigenvalue weighted by Gasteiger charge is -2.36. The fourth-order valence-electron chi connectivity index (χ4n) is 2.73. The molecule has 0 spiro atoms. The van der Waals surface area contributed by atoms with Crippen molar-refractivity contribution in [3.8, 4) is 0 Å². The summed E-state index contributed by atoms with van der Waals surface area (Å²) in [6.45, 7) is 4.38. The van der Waals surface area contributed by atoms with Gasteiger partial charge in [-0.25, -0.2) is 0 Å². The van der Waals surface area contributed by atoms with E-state index in [1.165, 1.54) is 5.69 Å². The van der Waals surface area contributed by atoms with Crippen LogP contribution in [0.25, 0.3) is 0 Å². The second-order valence-corrected chi connectivity index (χ2v) is 5.27. The van der Waals surface area contributed by atoms with E-state index >= 15 is 0 Å². The van der Waals surface area contributed by atoms with Gasteiger partial charge in [0.15, 0.2) is 0 Å². The molecule has 1 aromatic rings. The highest BCUT2D eigenvalue weighted by Crippen LogP contribution is 2.30. The van der Waals surface area contributed by atoms with Crippen LogP contribution in [0.1, 0.15) is 24.5 Å². The number of hydrogen-bond donors (Lipinski definition) is 2. The normalized spacial score (nSPS) is 20.8. The van der Waals surface area contributed by atoms with Gasteiger partial charge < -0.3 is 15.3 Å². The van der Waals surface area contributed by atoms with Crippen LogP contribution in [0.4, 0.5) is 5.69 Å². The lowest BCUT2D eigenvalue weighted by molar-refractivity contribution is 0.203. The zero-order valence-corrected chi connectivity index (χ0v) is 11.8.